The summed E-state index contributed by atoms with van der Waals surface area (Å²) in [5.74, 6) is 8.86. The van der Waals surface area contributed by atoms with Gasteiger partial charge in [-0.15, -0.1) is 0 Å². The lowest BCUT2D eigenvalue weighted by molar-refractivity contribution is 0.00187. The van der Waals surface area contributed by atoms with Crippen molar-refractivity contribution < 1.29 is 0 Å². The van der Waals surface area contributed by atoms with Gasteiger partial charge < -0.3 is 0 Å². The Hall–Kier alpha value is -0.200. The standard InChI is InChI=1S/C70H121N5/c1-7-19-52(20-8-1)66-49-67(72-70(71-66)54-21-9-2-10-22-54)53-35-43-63(44-36-53)75-68-45-37-55(50-31-39-61(40-32-50)73(57-23-11-3-12-24-57)58-25-13-4-14-26-58)47-64(68)65-48-56(38-46-69(65)75)51-33-41-62(42-34-51)74(59-27-15-5-16-28-59)60-29-17-6-18-30-60/h50-72H,1-49H2. The number of hydrogen-bond acceptors (Lipinski definition) is 5. The molecule has 11 saturated carbocycles. The van der Waals surface area contributed by atoms with E-state index >= 15 is 0 Å². The van der Waals surface area contributed by atoms with Gasteiger partial charge in [-0.1, -0.05) is 116 Å². The van der Waals surface area contributed by atoms with Crippen molar-refractivity contribution >= 4 is 0 Å². The molecule has 11 aliphatic carbocycles. The van der Waals surface area contributed by atoms with Gasteiger partial charge in [-0.25, -0.2) is 0 Å². The second kappa shape index (κ2) is 25.9. The van der Waals surface area contributed by atoms with E-state index in [4.69, 9.17) is 0 Å². The van der Waals surface area contributed by atoms with Gasteiger partial charge in [0.2, 0.25) is 0 Å². The third-order valence-electron chi connectivity index (χ3n) is 27.1. The molecule has 0 bridgehead atoms. The molecule has 0 aromatic rings. The van der Waals surface area contributed by atoms with Crippen molar-refractivity contribution in [2.75, 3.05) is 0 Å². The summed E-state index contributed by atoms with van der Waals surface area (Å²) in [6.45, 7) is 0. The summed E-state index contributed by atoms with van der Waals surface area (Å²) in [4.78, 5) is 9.98. The summed E-state index contributed by atoms with van der Waals surface area (Å²) >= 11 is 0. The average Bonchev–Trinajstić information content (AvgIpc) is 3.83. The summed E-state index contributed by atoms with van der Waals surface area (Å²) < 4.78 is 0. The van der Waals surface area contributed by atoms with E-state index in [0.29, 0.717) is 6.17 Å². The van der Waals surface area contributed by atoms with E-state index in [0.717, 1.165) is 120 Å². The van der Waals surface area contributed by atoms with Crippen molar-refractivity contribution in [3.05, 3.63) is 0 Å². The highest BCUT2D eigenvalue weighted by Crippen LogP contribution is 2.57. The number of likely N-dealkylation sites (tertiary alicyclic amines) is 1. The molecule has 13 rings (SSSR count). The molecule has 0 aromatic heterocycles. The fraction of sp³-hybridized carbons (Fsp3) is 1.00. The molecule has 0 aromatic carbocycles. The average molecular weight is 1030 g/mol. The van der Waals surface area contributed by atoms with Gasteiger partial charge in [0.05, 0.1) is 6.17 Å². The van der Waals surface area contributed by atoms with Crippen LogP contribution in [0.25, 0.3) is 0 Å². The van der Waals surface area contributed by atoms with E-state index in [2.05, 4.69) is 25.3 Å². The van der Waals surface area contributed by atoms with E-state index in [1.165, 1.54) is 225 Å². The molecule has 13 aliphatic rings. The largest absolute Gasteiger partial charge is 0.299 e. The molecule has 2 N–H and O–H groups in total. The van der Waals surface area contributed by atoms with E-state index in [-0.39, 0.29) is 0 Å². The van der Waals surface area contributed by atoms with Crippen LogP contribution < -0.4 is 10.6 Å². The van der Waals surface area contributed by atoms with Crippen LogP contribution in [-0.4, -0.2) is 87.3 Å². The Balaban J connectivity index is 0.687. The summed E-state index contributed by atoms with van der Waals surface area (Å²) in [5.41, 5.74) is 0. The summed E-state index contributed by atoms with van der Waals surface area (Å²) in [6, 6.07) is 9.75. The second-order valence-corrected chi connectivity index (χ2v) is 30.9. The van der Waals surface area contributed by atoms with Gasteiger partial charge in [-0.3, -0.25) is 25.3 Å². The first-order valence-electron chi connectivity index (χ1n) is 36.0. The van der Waals surface area contributed by atoms with E-state index in [1.54, 1.807) is 89.9 Å². The topological polar surface area (TPSA) is 33.8 Å². The smallest absolute Gasteiger partial charge is 0.0605 e. The Kier molecular flexibility index (Phi) is 18.7. The zero-order valence-electron chi connectivity index (χ0n) is 49.1. The highest BCUT2D eigenvalue weighted by Gasteiger charge is 2.56. The lowest BCUT2D eigenvalue weighted by Gasteiger charge is -2.50. The summed E-state index contributed by atoms with van der Waals surface area (Å²) in [6.07, 6.45) is 75.1. The number of rotatable bonds is 12. The minimum atomic E-state index is 0.588. The van der Waals surface area contributed by atoms with Crippen LogP contribution in [0.15, 0.2) is 0 Å². The molecule has 75 heavy (non-hydrogen) atoms. The first-order valence-corrected chi connectivity index (χ1v) is 36.0. The first-order chi connectivity index (χ1) is 37.2. The number of fused-ring (bicyclic) bond motifs is 3. The van der Waals surface area contributed by atoms with Crippen molar-refractivity contribution in [1.29, 1.82) is 0 Å². The minimum absolute atomic E-state index is 0.588. The van der Waals surface area contributed by atoms with Crippen LogP contribution in [0.2, 0.25) is 0 Å². The zero-order valence-corrected chi connectivity index (χ0v) is 49.1. The maximum atomic E-state index is 4.46. The van der Waals surface area contributed by atoms with Crippen LogP contribution in [0.4, 0.5) is 0 Å². The van der Waals surface area contributed by atoms with Crippen LogP contribution in [0, 0.1) is 53.3 Å². The third-order valence-corrected chi connectivity index (χ3v) is 27.1. The van der Waals surface area contributed by atoms with Crippen LogP contribution in [0.1, 0.15) is 315 Å². The summed E-state index contributed by atoms with van der Waals surface area (Å²) in [5, 5.41) is 8.84. The highest BCUT2D eigenvalue weighted by molar-refractivity contribution is 5.09. The summed E-state index contributed by atoms with van der Waals surface area (Å²) in [7, 11) is 0. The van der Waals surface area contributed by atoms with Gasteiger partial charge >= 0.3 is 0 Å². The fourth-order valence-electron chi connectivity index (χ4n) is 23.5. The van der Waals surface area contributed by atoms with Gasteiger partial charge in [-0.05, 0) is 252 Å². The zero-order chi connectivity index (χ0) is 49.9. The molecular formula is C70H121N5. The van der Waals surface area contributed by atoms with E-state index in [1.807, 2.05) is 0 Å². The Morgan fingerprint density at radius 1 is 0.240 bits per heavy atom. The minimum Gasteiger partial charge on any atom is -0.299 e. The molecule has 13 fully saturated rings. The Bertz CT molecular complexity index is 1530. The Morgan fingerprint density at radius 2 is 0.547 bits per heavy atom. The SMILES string of the molecule is C1CCC(C2CC(C3CCC(N4C5CCC(C6CCC(N(C7CCCCC7)C7CCCCC7)CC6)CC5C5CC(C6CCC(N(C7CCCCC7)C7CCCCC7)CC6)CCC54)CC3)NC(C3CCCCC3)N2)CC1. The number of hydrogen-bond donors (Lipinski definition) is 2. The van der Waals surface area contributed by atoms with Gasteiger partial charge in [0.1, 0.15) is 0 Å². The van der Waals surface area contributed by atoms with Gasteiger partial charge in [-0.2, -0.15) is 0 Å². The third kappa shape index (κ3) is 12.3. The van der Waals surface area contributed by atoms with E-state index in [9.17, 15) is 0 Å². The van der Waals surface area contributed by atoms with Crippen LogP contribution in [0.5, 0.6) is 0 Å². The number of nitrogens with zero attached hydrogens (tertiary/aromatic N) is 3. The molecule has 5 heteroatoms. The normalized spacial score (nSPS) is 43.7. The first kappa shape index (κ1) is 54.1. The van der Waals surface area contributed by atoms with E-state index < -0.39 is 0 Å². The van der Waals surface area contributed by atoms with Crippen molar-refractivity contribution in [3.63, 3.8) is 0 Å². The van der Waals surface area contributed by atoms with Crippen LogP contribution in [0.3, 0.4) is 0 Å². The Morgan fingerprint density at radius 3 is 0.933 bits per heavy atom. The molecule has 426 valence electrons. The monoisotopic (exact) mass is 1030 g/mol. The maximum absolute atomic E-state index is 4.46. The predicted octanol–water partition coefficient (Wildman–Crippen LogP) is 17.3. The molecule has 2 heterocycles. The quantitative estimate of drug-likeness (QED) is 0.204. The molecule has 9 atom stereocenters. The highest BCUT2D eigenvalue weighted by atomic mass is 15.3. The molecule has 9 unspecified atom stereocenters. The van der Waals surface area contributed by atoms with Crippen molar-refractivity contribution in [2.24, 2.45) is 53.3 Å². The molecule has 2 aliphatic heterocycles. The molecule has 5 nitrogen and oxygen atoms in total. The van der Waals surface area contributed by atoms with Crippen molar-refractivity contribution in [3.8, 4) is 0 Å². The molecular weight excluding hydrogens is 911 g/mol. The molecule has 0 radical (unpaired) electrons. The lowest BCUT2D eigenvalue weighted by atomic mass is 9.62. The fourth-order valence-corrected chi connectivity index (χ4v) is 23.5. The van der Waals surface area contributed by atoms with Gasteiger partial charge in [0.25, 0.3) is 0 Å². The molecule has 0 spiro atoms. The van der Waals surface area contributed by atoms with Crippen LogP contribution in [-0.2, 0) is 0 Å². The lowest BCUT2D eigenvalue weighted by Crippen LogP contribution is -2.64. The molecule has 0 amide bonds. The van der Waals surface area contributed by atoms with Crippen molar-refractivity contribution in [2.45, 2.75) is 387 Å². The van der Waals surface area contributed by atoms with Gasteiger partial charge in [0, 0.05) is 66.5 Å². The van der Waals surface area contributed by atoms with Gasteiger partial charge in [0.15, 0.2) is 0 Å². The van der Waals surface area contributed by atoms with Crippen molar-refractivity contribution in [1.82, 2.24) is 25.3 Å². The molecule has 2 saturated heterocycles. The maximum Gasteiger partial charge on any atom is 0.0605 e. The second-order valence-electron chi connectivity index (χ2n) is 30.9. The van der Waals surface area contributed by atoms with Crippen LogP contribution >= 0.6 is 0 Å². The number of nitrogens with one attached hydrogen (secondary N) is 2. The Labute approximate surface area is 463 Å². The predicted molar refractivity (Wildman–Crippen MR) is 315 cm³/mol.